The highest BCUT2D eigenvalue weighted by atomic mass is 16.5. The summed E-state index contributed by atoms with van der Waals surface area (Å²) in [6.07, 6.45) is 4.08. The first-order valence-electron chi connectivity index (χ1n) is 7.22. The summed E-state index contributed by atoms with van der Waals surface area (Å²) in [6.45, 7) is 2.22. The van der Waals surface area contributed by atoms with E-state index in [-0.39, 0.29) is 5.56 Å². The standard InChI is InChI=1S/C17H17NO4/c19-17(20)15-5-7-18-9-16(15)13-1-3-14(4-2-13)22-11-12-6-8-21-10-12/h1-5,7,9,12H,6,8,10-11H2,(H,19,20). The van der Waals surface area contributed by atoms with Crippen molar-refractivity contribution in [3.8, 4) is 16.9 Å². The molecule has 2 heterocycles. The summed E-state index contributed by atoms with van der Waals surface area (Å²) in [5.41, 5.74) is 1.65. The summed E-state index contributed by atoms with van der Waals surface area (Å²) in [5, 5.41) is 9.22. The van der Waals surface area contributed by atoms with Crippen LogP contribution in [0.5, 0.6) is 5.75 Å². The van der Waals surface area contributed by atoms with Crippen molar-refractivity contribution in [3.63, 3.8) is 0 Å². The van der Waals surface area contributed by atoms with E-state index in [2.05, 4.69) is 4.98 Å². The first-order valence-corrected chi connectivity index (χ1v) is 7.22. The molecule has 0 radical (unpaired) electrons. The number of hydrogen-bond donors (Lipinski definition) is 1. The van der Waals surface area contributed by atoms with Gasteiger partial charge in [0.05, 0.1) is 18.8 Å². The Morgan fingerprint density at radius 1 is 1.32 bits per heavy atom. The smallest absolute Gasteiger partial charge is 0.336 e. The van der Waals surface area contributed by atoms with Crippen molar-refractivity contribution in [1.82, 2.24) is 4.98 Å². The van der Waals surface area contributed by atoms with Crippen LogP contribution in [-0.4, -0.2) is 35.9 Å². The highest BCUT2D eigenvalue weighted by Gasteiger charge is 2.16. The Morgan fingerprint density at radius 2 is 2.14 bits per heavy atom. The molecule has 1 fully saturated rings. The molecule has 1 aliphatic heterocycles. The molecule has 1 aliphatic rings. The summed E-state index contributed by atoms with van der Waals surface area (Å²) in [7, 11) is 0. The molecule has 0 aliphatic carbocycles. The molecule has 1 aromatic heterocycles. The molecule has 1 saturated heterocycles. The molecule has 0 bridgehead atoms. The van der Waals surface area contributed by atoms with Crippen molar-refractivity contribution in [2.45, 2.75) is 6.42 Å². The Morgan fingerprint density at radius 3 is 2.82 bits per heavy atom. The van der Waals surface area contributed by atoms with E-state index in [0.29, 0.717) is 18.1 Å². The topological polar surface area (TPSA) is 68.7 Å². The Balaban J connectivity index is 1.72. The lowest BCUT2D eigenvalue weighted by Gasteiger charge is -2.11. The zero-order valence-electron chi connectivity index (χ0n) is 12.1. The SMILES string of the molecule is O=C(O)c1ccncc1-c1ccc(OCC2CCOC2)cc1. The van der Waals surface area contributed by atoms with E-state index in [0.717, 1.165) is 30.9 Å². The molecule has 0 saturated carbocycles. The normalized spacial score (nSPS) is 17.4. The minimum atomic E-state index is -0.959. The van der Waals surface area contributed by atoms with Crippen LogP contribution in [0, 0.1) is 5.92 Å². The maximum atomic E-state index is 11.2. The lowest BCUT2D eigenvalue weighted by Crippen LogP contribution is -2.11. The van der Waals surface area contributed by atoms with E-state index in [9.17, 15) is 9.90 Å². The van der Waals surface area contributed by atoms with E-state index in [4.69, 9.17) is 9.47 Å². The van der Waals surface area contributed by atoms with E-state index < -0.39 is 5.97 Å². The minimum Gasteiger partial charge on any atom is -0.493 e. The van der Waals surface area contributed by atoms with Crippen LogP contribution in [0.1, 0.15) is 16.8 Å². The molecule has 1 N–H and O–H groups in total. The van der Waals surface area contributed by atoms with Gasteiger partial charge in [-0.25, -0.2) is 4.79 Å². The van der Waals surface area contributed by atoms with Crippen molar-refractivity contribution < 1.29 is 19.4 Å². The predicted molar refractivity (Wildman–Crippen MR) is 81.1 cm³/mol. The van der Waals surface area contributed by atoms with Crippen LogP contribution in [-0.2, 0) is 4.74 Å². The van der Waals surface area contributed by atoms with Crippen LogP contribution in [0.4, 0.5) is 0 Å². The molecule has 3 rings (SSSR count). The molecular weight excluding hydrogens is 282 g/mol. The molecular formula is C17H17NO4. The number of aromatic nitrogens is 1. The van der Waals surface area contributed by atoms with E-state index in [1.54, 1.807) is 6.20 Å². The summed E-state index contributed by atoms with van der Waals surface area (Å²) in [4.78, 5) is 15.3. The minimum absolute atomic E-state index is 0.242. The van der Waals surface area contributed by atoms with Gasteiger partial charge in [-0.05, 0) is 30.2 Å². The van der Waals surface area contributed by atoms with Crippen molar-refractivity contribution in [2.24, 2.45) is 5.92 Å². The predicted octanol–water partition coefficient (Wildman–Crippen LogP) is 2.86. The summed E-state index contributed by atoms with van der Waals surface area (Å²) < 4.78 is 11.1. The first kappa shape index (κ1) is 14.5. The number of nitrogens with zero attached hydrogens (tertiary/aromatic N) is 1. The first-order chi connectivity index (χ1) is 10.7. The zero-order valence-corrected chi connectivity index (χ0v) is 12.1. The van der Waals surface area contributed by atoms with Gasteiger partial charge in [0.1, 0.15) is 5.75 Å². The van der Waals surface area contributed by atoms with E-state index in [1.165, 1.54) is 12.3 Å². The van der Waals surface area contributed by atoms with Gasteiger partial charge in [-0.1, -0.05) is 12.1 Å². The second kappa shape index (κ2) is 6.58. The average molecular weight is 299 g/mol. The molecule has 5 heteroatoms. The maximum Gasteiger partial charge on any atom is 0.336 e. The molecule has 5 nitrogen and oxygen atoms in total. The molecule has 1 unspecified atom stereocenters. The van der Waals surface area contributed by atoms with Crippen molar-refractivity contribution >= 4 is 5.97 Å². The van der Waals surface area contributed by atoms with Gasteiger partial charge < -0.3 is 14.6 Å². The number of benzene rings is 1. The van der Waals surface area contributed by atoms with Crippen LogP contribution in [0.2, 0.25) is 0 Å². The largest absolute Gasteiger partial charge is 0.493 e. The van der Waals surface area contributed by atoms with Crippen molar-refractivity contribution in [3.05, 3.63) is 48.3 Å². The van der Waals surface area contributed by atoms with Gasteiger partial charge in [0, 0.05) is 30.5 Å². The second-order valence-corrected chi connectivity index (χ2v) is 5.29. The van der Waals surface area contributed by atoms with Gasteiger partial charge >= 0.3 is 5.97 Å². The fraction of sp³-hybridized carbons (Fsp3) is 0.294. The summed E-state index contributed by atoms with van der Waals surface area (Å²) >= 11 is 0. The summed E-state index contributed by atoms with van der Waals surface area (Å²) in [6, 6.07) is 8.91. The van der Waals surface area contributed by atoms with Gasteiger partial charge in [0.25, 0.3) is 0 Å². The number of hydrogen-bond acceptors (Lipinski definition) is 4. The van der Waals surface area contributed by atoms with Gasteiger partial charge in [-0.3, -0.25) is 4.98 Å². The Kier molecular flexibility index (Phi) is 4.34. The molecule has 22 heavy (non-hydrogen) atoms. The average Bonchev–Trinajstić information content (AvgIpc) is 3.07. The monoisotopic (exact) mass is 299 g/mol. The number of ether oxygens (including phenoxy) is 2. The number of rotatable bonds is 5. The third-order valence-corrected chi connectivity index (χ3v) is 3.73. The van der Waals surface area contributed by atoms with Crippen LogP contribution in [0.3, 0.4) is 0 Å². The van der Waals surface area contributed by atoms with Crippen molar-refractivity contribution in [1.29, 1.82) is 0 Å². The quantitative estimate of drug-likeness (QED) is 0.919. The fourth-order valence-corrected chi connectivity index (χ4v) is 2.47. The highest BCUT2D eigenvalue weighted by molar-refractivity contribution is 5.95. The third-order valence-electron chi connectivity index (χ3n) is 3.73. The molecule has 114 valence electrons. The molecule has 0 spiro atoms. The third kappa shape index (κ3) is 3.26. The molecule has 1 atom stereocenters. The lowest BCUT2D eigenvalue weighted by atomic mass is 10.0. The number of aromatic carboxylic acids is 1. The number of carbonyl (C=O) groups is 1. The van der Waals surface area contributed by atoms with Crippen molar-refractivity contribution in [2.75, 3.05) is 19.8 Å². The van der Waals surface area contributed by atoms with Crippen LogP contribution >= 0.6 is 0 Å². The van der Waals surface area contributed by atoms with Gasteiger partial charge in [-0.2, -0.15) is 0 Å². The van der Waals surface area contributed by atoms with E-state index in [1.807, 2.05) is 24.3 Å². The Labute approximate surface area is 128 Å². The van der Waals surface area contributed by atoms with Gasteiger partial charge in [0.15, 0.2) is 0 Å². The Hall–Kier alpha value is -2.40. The fourth-order valence-electron chi connectivity index (χ4n) is 2.47. The van der Waals surface area contributed by atoms with Gasteiger partial charge in [0.2, 0.25) is 0 Å². The number of pyridine rings is 1. The highest BCUT2D eigenvalue weighted by Crippen LogP contribution is 2.25. The van der Waals surface area contributed by atoms with Crippen LogP contribution in [0.25, 0.3) is 11.1 Å². The molecule has 2 aromatic rings. The molecule has 1 aromatic carbocycles. The number of carboxylic acids is 1. The Bertz CT molecular complexity index is 648. The summed E-state index contributed by atoms with van der Waals surface area (Å²) in [5.74, 6) is 0.270. The van der Waals surface area contributed by atoms with E-state index >= 15 is 0 Å². The second-order valence-electron chi connectivity index (χ2n) is 5.29. The zero-order chi connectivity index (χ0) is 15.4. The van der Waals surface area contributed by atoms with Gasteiger partial charge in [-0.15, -0.1) is 0 Å². The lowest BCUT2D eigenvalue weighted by molar-refractivity contribution is 0.0697. The number of carboxylic acid groups (broad SMARTS) is 1. The maximum absolute atomic E-state index is 11.2. The van der Waals surface area contributed by atoms with Crippen LogP contribution < -0.4 is 4.74 Å². The molecule has 0 amide bonds. The van der Waals surface area contributed by atoms with Crippen LogP contribution in [0.15, 0.2) is 42.7 Å².